The van der Waals surface area contributed by atoms with Crippen molar-refractivity contribution in [2.24, 2.45) is 0 Å². The number of nitrogens with zero attached hydrogens (tertiary/aromatic N) is 2. The Morgan fingerprint density at radius 3 is 2.57 bits per heavy atom. The van der Waals surface area contributed by atoms with Crippen molar-refractivity contribution in [2.75, 3.05) is 40.0 Å². The highest BCUT2D eigenvalue weighted by Gasteiger charge is 2.43. The molecular formula is C24H34N2O4. The number of hydrogen-bond acceptors (Lipinski definition) is 6. The summed E-state index contributed by atoms with van der Waals surface area (Å²) in [5, 5.41) is 10.4. The summed E-state index contributed by atoms with van der Waals surface area (Å²) in [5.41, 5.74) is 0.373. The van der Waals surface area contributed by atoms with Gasteiger partial charge in [-0.15, -0.1) is 0 Å². The molecule has 1 saturated carbocycles. The maximum atomic E-state index is 10.4. The molecule has 1 aliphatic carbocycles. The van der Waals surface area contributed by atoms with E-state index in [2.05, 4.69) is 11.0 Å². The molecule has 2 saturated heterocycles. The van der Waals surface area contributed by atoms with Crippen LogP contribution in [-0.2, 0) is 19.7 Å². The molecule has 2 aliphatic heterocycles. The maximum absolute atomic E-state index is 10.4. The highest BCUT2D eigenvalue weighted by atomic mass is 16.7. The van der Waals surface area contributed by atoms with E-state index in [-0.39, 0.29) is 11.9 Å². The van der Waals surface area contributed by atoms with Crippen molar-refractivity contribution in [1.82, 2.24) is 4.90 Å². The lowest BCUT2D eigenvalue weighted by atomic mass is 9.83. The first-order valence-electron chi connectivity index (χ1n) is 11.4. The first kappa shape index (κ1) is 21.6. The zero-order valence-corrected chi connectivity index (χ0v) is 18.1. The Labute approximate surface area is 180 Å². The number of benzene rings is 1. The van der Waals surface area contributed by atoms with Gasteiger partial charge in [0, 0.05) is 25.9 Å². The van der Waals surface area contributed by atoms with Gasteiger partial charge in [-0.05, 0) is 49.8 Å². The Balaban J connectivity index is 1.44. The van der Waals surface area contributed by atoms with Crippen LogP contribution in [0.5, 0.6) is 5.75 Å². The lowest BCUT2D eigenvalue weighted by Gasteiger charge is -2.41. The van der Waals surface area contributed by atoms with E-state index in [9.17, 15) is 5.26 Å². The van der Waals surface area contributed by atoms with Gasteiger partial charge in [0.15, 0.2) is 5.79 Å². The molecule has 0 bridgehead atoms. The third-order valence-electron chi connectivity index (χ3n) is 6.90. The van der Waals surface area contributed by atoms with Gasteiger partial charge < -0.3 is 18.9 Å². The number of nitriles is 1. The van der Waals surface area contributed by atoms with Gasteiger partial charge in [-0.25, -0.2) is 0 Å². The minimum atomic E-state index is -0.655. The molecular weight excluding hydrogens is 380 g/mol. The van der Waals surface area contributed by atoms with Crippen molar-refractivity contribution in [3.8, 4) is 11.8 Å². The van der Waals surface area contributed by atoms with Crippen LogP contribution in [0.2, 0.25) is 0 Å². The Kier molecular flexibility index (Phi) is 6.94. The Bertz CT molecular complexity index is 720. The third-order valence-corrected chi connectivity index (χ3v) is 6.90. The van der Waals surface area contributed by atoms with Gasteiger partial charge in [0.25, 0.3) is 0 Å². The van der Waals surface area contributed by atoms with E-state index in [0.717, 1.165) is 56.5 Å². The molecule has 0 radical (unpaired) electrons. The van der Waals surface area contributed by atoms with Crippen LogP contribution < -0.4 is 4.74 Å². The highest BCUT2D eigenvalue weighted by molar-refractivity contribution is 5.36. The maximum Gasteiger partial charge on any atom is 0.168 e. The number of ether oxygens (including phenoxy) is 4. The summed E-state index contributed by atoms with van der Waals surface area (Å²) in [6, 6.07) is 10.6. The van der Waals surface area contributed by atoms with Crippen LogP contribution in [0.25, 0.3) is 0 Å². The fourth-order valence-corrected chi connectivity index (χ4v) is 5.19. The molecule has 1 aromatic rings. The Morgan fingerprint density at radius 1 is 1.17 bits per heavy atom. The fourth-order valence-electron chi connectivity index (χ4n) is 5.19. The molecule has 0 N–H and O–H groups in total. The van der Waals surface area contributed by atoms with Crippen LogP contribution in [0.15, 0.2) is 24.3 Å². The zero-order chi connectivity index (χ0) is 20.9. The SMILES string of the molecule is COc1ccc(C(C#N)(CCC[C@H]2COC3(CCCCC3)O2)N2CCOCC2)cc1. The van der Waals surface area contributed by atoms with E-state index in [1.54, 1.807) is 7.11 Å². The predicted molar refractivity (Wildman–Crippen MR) is 113 cm³/mol. The quantitative estimate of drug-likeness (QED) is 0.672. The summed E-state index contributed by atoms with van der Waals surface area (Å²) in [5.74, 6) is 0.483. The number of methoxy groups -OCH3 is 1. The smallest absolute Gasteiger partial charge is 0.168 e. The largest absolute Gasteiger partial charge is 0.497 e. The first-order chi connectivity index (χ1) is 14.7. The molecule has 6 heteroatoms. The zero-order valence-electron chi connectivity index (χ0n) is 18.1. The molecule has 1 aromatic carbocycles. The molecule has 2 atom stereocenters. The molecule has 3 aliphatic rings. The minimum absolute atomic E-state index is 0.139. The molecule has 164 valence electrons. The lowest BCUT2D eigenvalue weighted by molar-refractivity contribution is -0.187. The van der Waals surface area contributed by atoms with Gasteiger partial charge in [0.05, 0.1) is 39.1 Å². The van der Waals surface area contributed by atoms with E-state index in [1.165, 1.54) is 19.3 Å². The molecule has 1 spiro atoms. The minimum Gasteiger partial charge on any atom is -0.497 e. The van der Waals surface area contributed by atoms with Gasteiger partial charge in [-0.1, -0.05) is 18.6 Å². The van der Waals surface area contributed by atoms with Crippen molar-refractivity contribution in [2.45, 2.75) is 68.8 Å². The topological polar surface area (TPSA) is 64.0 Å². The third kappa shape index (κ3) is 4.50. The molecule has 6 nitrogen and oxygen atoms in total. The standard InChI is InChI=1S/C24H34N2O4/c1-27-21-9-7-20(8-10-21)23(19-25,26-14-16-28-17-15-26)11-5-6-22-18-29-24(30-22)12-3-2-4-13-24/h7-10,22H,2-6,11-18H2,1H3/t22-,23?/m0/s1. The van der Waals surface area contributed by atoms with Crippen molar-refractivity contribution in [3.63, 3.8) is 0 Å². The molecule has 0 amide bonds. The van der Waals surface area contributed by atoms with Gasteiger partial charge in [0.2, 0.25) is 0 Å². The summed E-state index contributed by atoms with van der Waals surface area (Å²) in [6.45, 7) is 3.56. The molecule has 1 unspecified atom stereocenters. The van der Waals surface area contributed by atoms with Crippen molar-refractivity contribution < 1.29 is 18.9 Å². The predicted octanol–water partition coefficient (Wildman–Crippen LogP) is 3.99. The van der Waals surface area contributed by atoms with Crippen LogP contribution >= 0.6 is 0 Å². The van der Waals surface area contributed by atoms with E-state index in [0.29, 0.717) is 19.8 Å². The Hall–Kier alpha value is -1.65. The van der Waals surface area contributed by atoms with Gasteiger partial charge >= 0.3 is 0 Å². The summed E-state index contributed by atoms with van der Waals surface area (Å²) in [6.07, 6.45) is 8.45. The summed E-state index contributed by atoms with van der Waals surface area (Å²) >= 11 is 0. The number of rotatable bonds is 7. The normalized spacial score (nSPS) is 26.2. The van der Waals surface area contributed by atoms with Crippen molar-refractivity contribution in [3.05, 3.63) is 29.8 Å². The van der Waals surface area contributed by atoms with Crippen LogP contribution in [0.3, 0.4) is 0 Å². The van der Waals surface area contributed by atoms with E-state index in [4.69, 9.17) is 18.9 Å². The molecule has 4 rings (SSSR count). The van der Waals surface area contributed by atoms with Crippen molar-refractivity contribution >= 4 is 0 Å². The summed E-state index contributed by atoms with van der Waals surface area (Å²) in [7, 11) is 1.66. The molecule has 3 fully saturated rings. The second-order valence-corrected chi connectivity index (χ2v) is 8.71. The van der Waals surface area contributed by atoms with Gasteiger partial charge in [0.1, 0.15) is 11.3 Å². The van der Waals surface area contributed by atoms with Crippen LogP contribution in [0.4, 0.5) is 0 Å². The summed E-state index contributed by atoms with van der Waals surface area (Å²) < 4.78 is 23.3. The van der Waals surface area contributed by atoms with Crippen LogP contribution in [0, 0.1) is 11.3 Å². The van der Waals surface area contributed by atoms with E-state index >= 15 is 0 Å². The monoisotopic (exact) mass is 414 g/mol. The van der Waals surface area contributed by atoms with E-state index < -0.39 is 5.54 Å². The van der Waals surface area contributed by atoms with E-state index in [1.807, 2.05) is 24.3 Å². The van der Waals surface area contributed by atoms with Crippen LogP contribution in [0.1, 0.15) is 56.9 Å². The Morgan fingerprint density at radius 2 is 1.90 bits per heavy atom. The average molecular weight is 415 g/mol. The molecule has 30 heavy (non-hydrogen) atoms. The van der Waals surface area contributed by atoms with Gasteiger partial charge in [-0.3, -0.25) is 4.90 Å². The summed E-state index contributed by atoms with van der Waals surface area (Å²) in [4.78, 5) is 2.28. The lowest BCUT2D eigenvalue weighted by Crippen LogP contribution is -2.50. The number of morpholine rings is 1. The first-order valence-corrected chi connectivity index (χ1v) is 11.4. The number of hydrogen-bond donors (Lipinski definition) is 0. The average Bonchev–Trinajstić information content (AvgIpc) is 3.20. The molecule has 0 aromatic heterocycles. The highest BCUT2D eigenvalue weighted by Crippen LogP contribution is 2.40. The fraction of sp³-hybridized carbons (Fsp3) is 0.708. The second kappa shape index (κ2) is 9.65. The van der Waals surface area contributed by atoms with Crippen molar-refractivity contribution in [1.29, 1.82) is 5.26 Å². The van der Waals surface area contributed by atoms with Gasteiger partial charge in [-0.2, -0.15) is 5.26 Å². The second-order valence-electron chi connectivity index (χ2n) is 8.71. The molecule has 2 heterocycles. The van der Waals surface area contributed by atoms with Crippen LogP contribution in [-0.4, -0.2) is 56.8 Å².